The first kappa shape index (κ1) is 19.2. The van der Waals surface area contributed by atoms with E-state index in [1.807, 2.05) is 42.3 Å². The van der Waals surface area contributed by atoms with Gasteiger partial charge in [-0.1, -0.05) is 42.5 Å². The lowest BCUT2D eigenvalue weighted by Gasteiger charge is -2.28. The van der Waals surface area contributed by atoms with Crippen LogP contribution in [0.5, 0.6) is 5.75 Å². The van der Waals surface area contributed by atoms with Crippen LogP contribution < -0.4 is 4.74 Å². The summed E-state index contributed by atoms with van der Waals surface area (Å²) >= 11 is 0. The van der Waals surface area contributed by atoms with Crippen LogP contribution in [0.3, 0.4) is 0 Å². The number of likely N-dealkylation sites (N-methyl/N-ethyl adjacent to an activating group) is 1. The van der Waals surface area contributed by atoms with Gasteiger partial charge in [-0.2, -0.15) is 0 Å². The molecule has 1 aliphatic rings. The molecule has 1 amide bonds. The average Bonchev–Trinajstić information content (AvgIpc) is 3.06. The number of methoxy groups -OCH3 is 1. The van der Waals surface area contributed by atoms with Gasteiger partial charge in [0.25, 0.3) is 0 Å². The second-order valence-corrected chi connectivity index (χ2v) is 7.31. The highest BCUT2D eigenvalue weighted by molar-refractivity contribution is 5.81. The predicted molar refractivity (Wildman–Crippen MR) is 113 cm³/mol. The number of amides is 1. The maximum Gasteiger partial charge on any atom is 0.238 e. The monoisotopic (exact) mass is 387 g/mol. The molecule has 5 heteroatoms. The van der Waals surface area contributed by atoms with Gasteiger partial charge in [-0.25, -0.2) is 0 Å². The fourth-order valence-electron chi connectivity index (χ4n) is 3.85. The van der Waals surface area contributed by atoms with Crippen LogP contribution in [0.15, 0.2) is 72.9 Å². The minimum absolute atomic E-state index is 0.0430. The molecule has 0 radical (unpaired) electrons. The second kappa shape index (κ2) is 8.45. The van der Waals surface area contributed by atoms with Gasteiger partial charge in [-0.15, -0.1) is 0 Å². The highest BCUT2D eigenvalue weighted by Gasteiger charge is 2.36. The Balaban J connectivity index is 1.50. The van der Waals surface area contributed by atoms with Crippen molar-refractivity contribution < 1.29 is 9.53 Å². The summed E-state index contributed by atoms with van der Waals surface area (Å²) in [5.41, 5.74) is 4.34. The Morgan fingerprint density at radius 3 is 2.45 bits per heavy atom. The van der Waals surface area contributed by atoms with E-state index in [9.17, 15) is 4.79 Å². The van der Waals surface area contributed by atoms with E-state index in [4.69, 9.17) is 4.74 Å². The normalized spacial score (nSPS) is 17.0. The van der Waals surface area contributed by atoms with Crippen molar-refractivity contribution >= 4 is 5.91 Å². The van der Waals surface area contributed by atoms with Crippen LogP contribution >= 0.6 is 0 Å². The van der Waals surface area contributed by atoms with Crippen LogP contribution in [0.1, 0.15) is 17.3 Å². The van der Waals surface area contributed by atoms with Gasteiger partial charge in [0, 0.05) is 18.3 Å². The summed E-state index contributed by atoms with van der Waals surface area (Å²) in [5.74, 6) is 1.01. The van der Waals surface area contributed by atoms with Crippen molar-refractivity contribution in [1.82, 2.24) is 14.8 Å². The number of benzene rings is 2. The fraction of sp³-hybridized carbons (Fsp3) is 0.250. The lowest BCUT2D eigenvalue weighted by Crippen LogP contribution is -2.32. The van der Waals surface area contributed by atoms with Crippen molar-refractivity contribution in [2.24, 2.45) is 0 Å². The Labute approximate surface area is 171 Å². The number of rotatable bonds is 6. The largest absolute Gasteiger partial charge is 0.497 e. The molecule has 1 aromatic heterocycles. The Kier molecular flexibility index (Phi) is 5.58. The fourth-order valence-corrected chi connectivity index (χ4v) is 3.85. The van der Waals surface area contributed by atoms with Crippen molar-refractivity contribution in [1.29, 1.82) is 0 Å². The molecule has 0 N–H and O–H groups in total. The molecule has 4 rings (SSSR count). The molecule has 1 atom stereocenters. The van der Waals surface area contributed by atoms with E-state index >= 15 is 0 Å². The summed E-state index contributed by atoms with van der Waals surface area (Å²) in [6.07, 6.45) is 2.57. The number of ether oxygens (including phenoxy) is 1. The summed E-state index contributed by atoms with van der Waals surface area (Å²) in [7, 11) is 3.67. The zero-order chi connectivity index (χ0) is 20.2. The standard InChI is InChI=1S/C24H25N3O2/c1-26-17-23(28)27(16-14-18-6-12-21(29-2)13-7-18)24(26)20-10-8-19(9-11-20)22-5-3-4-15-25-22/h3-13,15,24H,14,16-17H2,1-2H3. The van der Waals surface area contributed by atoms with Crippen LogP contribution in [0.2, 0.25) is 0 Å². The quantitative estimate of drug-likeness (QED) is 0.646. The third-order valence-electron chi connectivity index (χ3n) is 5.39. The van der Waals surface area contributed by atoms with Crippen LogP contribution in [-0.4, -0.2) is 47.9 Å². The zero-order valence-electron chi connectivity index (χ0n) is 16.8. The molecule has 0 aliphatic carbocycles. The first-order valence-electron chi connectivity index (χ1n) is 9.80. The van der Waals surface area contributed by atoms with Gasteiger partial charge in [0.2, 0.25) is 5.91 Å². The van der Waals surface area contributed by atoms with E-state index in [0.717, 1.165) is 29.0 Å². The van der Waals surface area contributed by atoms with Crippen molar-refractivity contribution in [3.05, 3.63) is 84.1 Å². The minimum Gasteiger partial charge on any atom is -0.497 e. The van der Waals surface area contributed by atoms with Gasteiger partial charge >= 0.3 is 0 Å². The molecular formula is C24H25N3O2. The van der Waals surface area contributed by atoms with Gasteiger partial charge in [-0.05, 0) is 48.9 Å². The topological polar surface area (TPSA) is 45.7 Å². The van der Waals surface area contributed by atoms with Crippen LogP contribution in [-0.2, 0) is 11.2 Å². The van der Waals surface area contributed by atoms with E-state index in [1.54, 1.807) is 13.3 Å². The molecular weight excluding hydrogens is 362 g/mol. The van der Waals surface area contributed by atoms with Gasteiger partial charge in [0.05, 0.1) is 19.3 Å². The number of aromatic nitrogens is 1. The van der Waals surface area contributed by atoms with Crippen molar-refractivity contribution in [2.45, 2.75) is 12.6 Å². The maximum atomic E-state index is 12.6. The molecule has 0 saturated carbocycles. The van der Waals surface area contributed by atoms with Gasteiger partial charge in [-0.3, -0.25) is 14.7 Å². The molecule has 2 heterocycles. The number of carbonyl (C=O) groups is 1. The predicted octanol–water partition coefficient (Wildman–Crippen LogP) is 3.77. The summed E-state index contributed by atoms with van der Waals surface area (Å²) in [5, 5.41) is 0. The molecule has 0 bridgehead atoms. The highest BCUT2D eigenvalue weighted by atomic mass is 16.5. The molecule has 1 unspecified atom stereocenters. The van der Waals surface area contributed by atoms with Crippen molar-refractivity contribution in [3.8, 4) is 17.0 Å². The summed E-state index contributed by atoms with van der Waals surface area (Å²) in [6.45, 7) is 1.12. The van der Waals surface area contributed by atoms with Crippen LogP contribution in [0.4, 0.5) is 0 Å². The molecule has 2 aromatic carbocycles. The second-order valence-electron chi connectivity index (χ2n) is 7.31. The van der Waals surface area contributed by atoms with E-state index in [-0.39, 0.29) is 12.1 Å². The average molecular weight is 387 g/mol. The van der Waals surface area contributed by atoms with Crippen LogP contribution in [0, 0.1) is 0 Å². The summed E-state index contributed by atoms with van der Waals surface area (Å²) < 4.78 is 5.22. The lowest BCUT2D eigenvalue weighted by molar-refractivity contribution is -0.128. The Morgan fingerprint density at radius 2 is 1.79 bits per heavy atom. The van der Waals surface area contributed by atoms with Crippen molar-refractivity contribution in [3.63, 3.8) is 0 Å². The van der Waals surface area contributed by atoms with E-state index in [0.29, 0.717) is 13.1 Å². The molecule has 0 spiro atoms. The van der Waals surface area contributed by atoms with Gasteiger partial charge in [0.15, 0.2) is 0 Å². The van der Waals surface area contributed by atoms with E-state index < -0.39 is 0 Å². The Bertz CT molecular complexity index is 956. The maximum absolute atomic E-state index is 12.6. The third-order valence-corrected chi connectivity index (χ3v) is 5.39. The van der Waals surface area contributed by atoms with E-state index in [1.165, 1.54) is 5.56 Å². The molecule has 29 heavy (non-hydrogen) atoms. The number of hydrogen-bond donors (Lipinski definition) is 0. The molecule has 5 nitrogen and oxygen atoms in total. The lowest BCUT2D eigenvalue weighted by atomic mass is 10.1. The minimum atomic E-state index is -0.0430. The van der Waals surface area contributed by atoms with Gasteiger partial charge < -0.3 is 9.64 Å². The SMILES string of the molecule is COc1ccc(CCN2C(=O)CN(C)C2c2ccc(-c3ccccn3)cc2)cc1. The van der Waals surface area contributed by atoms with Gasteiger partial charge in [0.1, 0.15) is 11.9 Å². The molecule has 3 aromatic rings. The number of pyridine rings is 1. The van der Waals surface area contributed by atoms with Crippen molar-refractivity contribution in [2.75, 3.05) is 27.2 Å². The number of carbonyl (C=O) groups excluding carboxylic acids is 1. The van der Waals surface area contributed by atoms with E-state index in [2.05, 4.69) is 46.3 Å². The molecule has 1 aliphatic heterocycles. The first-order valence-corrected chi connectivity index (χ1v) is 9.80. The summed E-state index contributed by atoms with van der Waals surface area (Å²) in [6, 6.07) is 22.3. The first-order chi connectivity index (χ1) is 14.2. The number of nitrogens with zero attached hydrogens (tertiary/aromatic N) is 3. The summed E-state index contributed by atoms with van der Waals surface area (Å²) in [4.78, 5) is 21.1. The zero-order valence-corrected chi connectivity index (χ0v) is 16.8. The highest BCUT2D eigenvalue weighted by Crippen LogP contribution is 2.31. The molecule has 1 fully saturated rings. The van der Waals surface area contributed by atoms with Crippen LogP contribution in [0.25, 0.3) is 11.3 Å². The molecule has 148 valence electrons. The number of hydrogen-bond acceptors (Lipinski definition) is 4. The smallest absolute Gasteiger partial charge is 0.238 e. The Hall–Kier alpha value is -3.18. The Morgan fingerprint density at radius 1 is 1.03 bits per heavy atom. The third kappa shape index (κ3) is 4.15. The molecule has 1 saturated heterocycles.